The number of nitrogens with zero attached hydrogens (tertiary/aromatic N) is 1. The first-order valence-corrected chi connectivity index (χ1v) is 11.9. The van der Waals surface area contributed by atoms with Gasteiger partial charge in [0.2, 0.25) is 5.91 Å². The molecule has 36 heavy (non-hydrogen) atoms. The molecular weight excluding hydrogens is 503 g/mol. The molecule has 0 saturated carbocycles. The fraction of sp³-hybridized carbons (Fsp3) is 0.259. The summed E-state index contributed by atoms with van der Waals surface area (Å²) >= 11 is 12.3. The zero-order valence-corrected chi connectivity index (χ0v) is 21.8. The summed E-state index contributed by atoms with van der Waals surface area (Å²) in [5.41, 5.74) is 1.64. The van der Waals surface area contributed by atoms with Gasteiger partial charge in [-0.15, -0.1) is 0 Å². The number of carbonyl (C=O) groups excluding carboxylic acids is 2. The van der Waals surface area contributed by atoms with E-state index in [0.29, 0.717) is 33.7 Å². The Morgan fingerprint density at radius 2 is 1.50 bits per heavy atom. The van der Waals surface area contributed by atoms with Crippen molar-refractivity contribution in [1.82, 2.24) is 10.2 Å². The molecule has 0 aromatic heterocycles. The van der Waals surface area contributed by atoms with Gasteiger partial charge in [0.15, 0.2) is 6.61 Å². The molecule has 1 atom stereocenters. The maximum Gasteiger partial charge on any atom is 0.261 e. The highest BCUT2D eigenvalue weighted by Crippen LogP contribution is 2.28. The minimum atomic E-state index is -0.789. The predicted molar refractivity (Wildman–Crippen MR) is 140 cm³/mol. The third-order valence-corrected chi connectivity index (χ3v) is 6.28. The predicted octanol–water partition coefficient (Wildman–Crippen LogP) is 4.78. The van der Waals surface area contributed by atoms with E-state index in [1.54, 1.807) is 43.4 Å². The minimum absolute atomic E-state index is 0.130. The number of carbonyl (C=O) groups is 2. The van der Waals surface area contributed by atoms with Crippen molar-refractivity contribution in [2.45, 2.75) is 19.0 Å². The SMILES string of the molecule is CNC(=O)[C@H](Cc1ccccc1)N(Cc1ccc(Cl)c(Cl)c1)C(=O)COc1cc(OC)cc(OC)c1. The van der Waals surface area contributed by atoms with Gasteiger partial charge in [-0.1, -0.05) is 59.6 Å². The van der Waals surface area contributed by atoms with Gasteiger partial charge in [-0.05, 0) is 23.3 Å². The maximum atomic E-state index is 13.5. The molecular formula is C27H28Cl2N2O5. The van der Waals surface area contributed by atoms with Gasteiger partial charge in [-0.2, -0.15) is 0 Å². The lowest BCUT2D eigenvalue weighted by Crippen LogP contribution is -2.51. The van der Waals surface area contributed by atoms with Crippen LogP contribution in [0.2, 0.25) is 10.0 Å². The van der Waals surface area contributed by atoms with Gasteiger partial charge in [0, 0.05) is 38.2 Å². The average molecular weight is 531 g/mol. The average Bonchev–Trinajstić information content (AvgIpc) is 2.91. The van der Waals surface area contributed by atoms with Gasteiger partial charge in [0.05, 0.1) is 24.3 Å². The first kappa shape index (κ1) is 27.2. The van der Waals surface area contributed by atoms with Crippen molar-refractivity contribution in [3.8, 4) is 17.2 Å². The molecule has 0 aliphatic carbocycles. The largest absolute Gasteiger partial charge is 0.496 e. The Hall–Kier alpha value is -3.42. The summed E-state index contributed by atoms with van der Waals surface area (Å²) in [5.74, 6) is 0.768. The van der Waals surface area contributed by atoms with E-state index >= 15 is 0 Å². The Bertz CT molecular complexity index is 1170. The van der Waals surface area contributed by atoms with Crippen molar-refractivity contribution in [1.29, 1.82) is 0 Å². The number of methoxy groups -OCH3 is 2. The second-order valence-corrected chi connectivity index (χ2v) is 8.74. The number of halogens is 2. The van der Waals surface area contributed by atoms with E-state index < -0.39 is 6.04 Å². The summed E-state index contributed by atoms with van der Waals surface area (Å²) in [6, 6.07) is 18.8. The van der Waals surface area contributed by atoms with Gasteiger partial charge < -0.3 is 24.4 Å². The Morgan fingerprint density at radius 1 is 0.861 bits per heavy atom. The highest BCUT2D eigenvalue weighted by Gasteiger charge is 2.30. The summed E-state index contributed by atoms with van der Waals surface area (Å²) in [5, 5.41) is 3.44. The number of benzene rings is 3. The molecule has 0 aliphatic rings. The smallest absolute Gasteiger partial charge is 0.261 e. The van der Waals surface area contributed by atoms with Crippen LogP contribution < -0.4 is 19.5 Å². The van der Waals surface area contributed by atoms with E-state index in [0.717, 1.165) is 11.1 Å². The first-order valence-electron chi connectivity index (χ1n) is 11.2. The second kappa shape index (κ2) is 13.0. The molecule has 0 aliphatic heterocycles. The molecule has 3 aromatic rings. The number of ether oxygens (including phenoxy) is 3. The molecule has 0 bridgehead atoms. The molecule has 0 unspecified atom stereocenters. The molecule has 3 rings (SSSR count). The fourth-order valence-corrected chi connectivity index (χ4v) is 3.97. The van der Waals surface area contributed by atoms with Crippen LogP contribution in [0.1, 0.15) is 11.1 Å². The quantitative estimate of drug-likeness (QED) is 0.386. The molecule has 0 fully saturated rings. The third kappa shape index (κ3) is 7.29. The van der Waals surface area contributed by atoms with Crippen LogP contribution in [0.4, 0.5) is 0 Å². The van der Waals surface area contributed by atoms with Crippen molar-refractivity contribution in [2.75, 3.05) is 27.9 Å². The number of hydrogen-bond donors (Lipinski definition) is 1. The van der Waals surface area contributed by atoms with Gasteiger partial charge in [-0.3, -0.25) is 9.59 Å². The zero-order valence-electron chi connectivity index (χ0n) is 20.3. The molecule has 0 radical (unpaired) electrons. The van der Waals surface area contributed by atoms with Gasteiger partial charge in [0.25, 0.3) is 5.91 Å². The standard InChI is InChI=1S/C27H28Cl2N2O5/c1-30-27(33)25(12-18-7-5-4-6-8-18)31(16-19-9-10-23(28)24(29)11-19)26(32)17-36-22-14-20(34-2)13-21(15-22)35-3/h4-11,13-15,25H,12,16-17H2,1-3H3,(H,30,33)/t25-/m0/s1. The summed E-state index contributed by atoms with van der Waals surface area (Å²) in [6.45, 7) is -0.175. The molecule has 7 nitrogen and oxygen atoms in total. The first-order chi connectivity index (χ1) is 17.3. The lowest BCUT2D eigenvalue weighted by Gasteiger charge is -2.31. The van der Waals surface area contributed by atoms with Crippen LogP contribution in [-0.2, 0) is 22.6 Å². The maximum absolute atomic E-state index is 13.5. The lowest BCUT2D eigenvalue weighted by atomic mass is 10.0. The van der Waals surface area contributed by atoms with E-state index in [2.05, 4.69) is 5.32 Å². The van der Waals surface area contributed by atoms with Crippen molar-refractivity contribution >= 4 is 35.0 Å². The van der Waals surface area contributed by atoms with E-state index in [1.165, 1.54) is 19.1 Å². The molecule has 3 aromatic carbocycles. The van der Waals surface area contributed by atoms with Crippen LogP contribution in [0, 0.1) is 0 Å². The van der Waals surface area contributed by atoms with E-state index in [-0.39, 0.29) is 25.0 Å². The topological polar surface area (TPSA) is 77.1 Å². The second-order valence-electron chi connectivity index (χ2n) is 7.93. The van der Waals surface area contributed by atoms with Crippen LogP contribution in [0.15, 0.2) is 66.7 Å². The molecule has 1 N–H and O–H groups in total. The molecule has 0 saturated heterocycles. The lowest BCUT2D eigenvalue weighted by molar-refractivity contribution is -0.142. The Labute approximate surface area is 220 Å². The van der Waals surface area contributed by atoms with Gasteiger partial charge in [-0.25, -0.2) is 0 Å². The van der Waals surface area contributed by atoms with Crippen LogP contribution in [-0.4, -0.2) is 50.6 Å². The number of amides is 2. The fourth-order valence-electron chi connectivity index (χ4n) is 3.65. The van der Waals surface area contributed by atoms with Gasteiger partial charge >= 0.3 is 0 Å². The van der Waals surface area contributed by atoms with Crippen molar-refractivity contribution in [3.63, 3.8) is 0 Å². The number of rotatable bonds is 11. The van der Waals surface area contributed by atoms with Crippen molar-refractivity contribution in [2.24, 2.45) is 0 Å². The number of hydrogen-bond acceptors (Lipinski definition) is 5. The van der Waals surface area contributed by atoms with Crippen LogP contribution in [0.3, 0.4) is 0 Å². The summed E-state index contributed by atoms with van der Waals surface area (Å²) in [4.78, 5) is 28.0. The van der Waals surface area contributed by atoms with E-state index in [9.17, 15) is 9.59 Å². The highest BCUT2D eigenvalue weighted by atomic mass is 35.5. The Balaban J connectivity index is 1.90. The summed E-state index contributed by atoms with van der Waals surface area (Å²) < 4.78 is 16.3. The summed E-state index contributed by atoms with van der Waals surface area (Å²) in [6.07, 6.45) is 0.320. The Kier molecular flexibility index (Phi) is 9.85. The zero-order chi connectivity index (χ0) is 26.1. The van der Waals surface area contributed by atoms with E-state index in [4.69, 9.17) is 37.4 Å². The molecule has 0 spiro atoms. The molecule has 9 heteroatoms. The van der Waals surface area contributed by atoms with Gasteiger partial charge in [0.1, 0.15) is 23.3 Å². The van der Waals surface area contributed by atoms with Crippen molar-refractivity contribution in [3.05, 3.63) is 87.9 Å². The highest BCUT2D eigenvalue weighted by molar-refractivity contribution is 6.42. The molecule has 2 amide bonds. The monoisotopic (exact) mass is 530 g/mol. The minimum Gasteiger partial charge on any atom is -0.496 e. The number of nitrogens with one attached hydrogen (secondary N) is 1. The summed E-state index contributed by atoms with van der Waals surface area (Å²) in [7, 11) is 4.60. The van der Waals surface area contributed by atoms with Crippen molar-refractivity contribution < 1.29 is 23.8 Å². The van der Waals surface area contributed by atoms with E-state index in [1.807, 2.05) is 30.3 Å². The third-order valence-electron chi connectivity index (χ3n) is 5.54. The molecule has 0 heterocycles. The van der Waals surface area contributed by atoms with Crippen LogP contribution in [0.5, 0.6) is 17.2 Å². The Morgan fingerprint density at radius 3 is 2.08 bits per heavy atom. The normalized spacial score (nSPS) is 11.4. The van der Waals surface area contributed by atoms with Crippen LogP contribution in [0.25, 0.3) is 0 Å². The molecule has 190 valence electrons. The number of likely N-dealkylation sites (N-methyl/N-ethyl adjacent to an activating group) is 1. The van der Waals surface area contributed by atoms with Crippen LogP contribution >= 0.6 is 23.2 Å².